The minimum atomic E-state index is -2.86. The molecule has 0 saturated carbocycles. The quantitative estimate of drug-likeness (QED) is 0.740. The van der Waals surface area contributed by atoms with E-state index in [4.69, 9.17) is 0 Å². The molecule has 2 aromatic heterocycles. The van der Waals surface area contributed by atoms with Crippen molar-refractivity contribution in [1.82, 2.24) is 14.7 Å². The third-order valence-corrected chi connectivity index (χ3v) is 4.58. The molecule has 8 heteroatoms. The van der Waals surface area contributed by atoms with Crippen molar-refractivity contribution in [2.75, 3.05) is 5.32 Å². The Balaban J connectivity index is 1.63. The molecule has 2 amide bonds. The largest absolute Gasteiger partial charge is 0.344 e. The van der Waals surface area contributed by atoms with Gasteiger partial charge < -0.3 is 10.6 Å². The first-order chi connectivity index (χ1) is 12.9. The van der Waals surface area contributed by atoms with Crippen LogP contribution >= 0.6 is 0 Å². The molecule has 27 heavy (non-hydrogen) atoms. The third kappa shape index (κ3) is 3.03. The molecule has 0 fully saturated rings. The number of halogens is 2. The van der Waals surface area contributed by atoms with Crippen molar-refractivity contribution in [2.45, 2.75) is 25.8 Å². The van der Waals surface area contributed by atoms with E-state index in [1.54, 1.807) is 37.3 Å². The second kappa shape index (κ2) is 6.46. The van der Waals surface area contributed by atoms with Crippen molar-refractivity contribution < 1.29 is 18.4 Å². The number of nitrogens with one attached hydrogen (secondary N) is 2. The van der Waals surface area contributed by atoms with E-state index in [1.807, 2.05) is 6.07 Å². The number of pyridine rings is 1. The minimum absolute atomic E-state index is 0.0776. The summed E-state index contributed by atoms with van der Waals surface area (Å²) in [6.07, 6.45) is -1.05. The zero-order valence-electron chi connectivity index (χ0n) is 14.4. The van der Waals surface area contributed by atoms with Crippen molar-refractivity contribution in [2.24, 2.45) is 0 Å². The number of alkyl halides is 2. The zero-order valence-corrected chi connectivity index (χ0v) is 14.4. The monoisotopic (exact) mass is 370 g/mol. The number of amides is 2. The summed E-state index contributed by atoms with van der Waals surface area (Å²) in [5.74, 6) is -0.711. The molecule has 3 heterocycles. The van der Waals surface area contributed by atoms with Gasteiger partial charge in [-0.15, -0.1) is 0 Å². The second-order valence-electron chi connectivity index (χ2n) is 6.41. The molecule has 0 bridgehead atoms. The lowest BCUT2D eigenvalue weighted by atomic mass is 10.0. The van der Waals surface area contributed by atoms with E-state index in [0.29, 0.717) is 0 Å². The lowest BCUT2D eigenvalue weighted by molar-refractivity contribution is -0.115. The van der Waals surface area contributed by atoms with Crippen LogP contribution in [0.1, 0.15) is 46.7 Å². The maximum atomic E-state index is 13.4. The number of hydrogen-bond acceptors (Lipinski definition) is 3. The van der Waals surface area contributed by atoms with Crippen LogP contribution in [0.3, 0.4) is 0 Å². The molecule has 2 N–H and O–H groups in total. The highest BCUT2D eigenvalue weighted by molar-refractivity contribution is 5.99. The van der Waals surface area contributed by atoms with E-state index in [9.17, 15) is 18.4 Å². The van der Waals surface area contributed by atoms with Crippen LogP contribution in [-0.2, 0) is 11.2 Å². The van der Waals surface area contributed by atoms with E-state index in [0.717, 1.165) is 16.8 Å². The Hall–Kier alpha value is -3.29. The number of carbonyl (C=O) groups excluding carboxylic acids is 2. The topological polar surface area (TPSA) is 75.5 Å². The number of aromatic nitrogens is 2. The Morgan fingerprint density at radius 2 is 2.11 bits per heavy atom. The average molecular weight is 370 g/mol. The molecule has 0 aliphatic carbocycles. The number of fused-ring (bicyclic) bond motifs is 2. The molecule has 1 atom stereocenters. The summed E-state index contributed by atoms with van der Waals surface area (Å²) < 4.78 is 28.1. The van der Waals surface area contributed by atoms with E-state index < -0.39 is 24.1 Å². The summed E-state index contributed by atoms with van der Waals surface area (Å²) in [5.41, 5.74) is 1.95. The molecule has 0 radical (unpaired) electrons. The van der Waals surface area contributed by atoms with Gasteiger partial charge in [0.05, 0.1) is 12.5 Å². The highest BCUT2D eigenvalue weighted by Crippen LogP contribution is 2.27. The minimum Gasteiger partial charge on any atom is -0.344 e. The molecular weight excluding hydrogens is 354 g/mol. The summed E-state index contributed by atoms with van der Waals surface area (Å²) in [7, 11) is 0. The van der Waals surface area contributed by atoms with Gasteiger partial charge >= 0.3 is 0 Å². The van der Waals surface area contributed by atoms with Crippen LogP contribution < -0.4 is 10.6 Å². The highest BCUT2D eigenvalue weighted by atomic mass is 19.3. The van der Waals surface area contributed by atoms with Crippen LogP contribution in [-0.4, -0.2) is 21.2 Å². The van der Waals surface area contributed by atoms with Crippen LogP contribution in [0, 0.1) is 0 Å². The number of carbonyl (C=O) groups is 2. The van der Waals surface area contributed by atoms with Gasteiger partial charge in [-0.25, -0.2) is 13.8 Å². The van der Waals surface area contributed by atoms with E-state index in [-0.39, 0.29) is 23.7 Å². The van der Waals surface area contributed by atoms with Gasteiger partial charge in [0.2, 0.25) is 5.91 Å². The van der Waals surface area contributed by atoms with Gasteiger partial charge in [-0.05, 0) is 36.2 Å². The molecule has 0 spiro atoms. The van der Waals surface area contributed by atoms with E-state index >= 15 is 0 Å². The van der Waals surface area contributed by atoms with Gasteiger partial charge in [-0.1, -0.05) is 18.2 Å². The summed E-state index contributed by atoms with van der Waals surface area (Å²) in [5, 5.41) is 5.50. The van der Waals surface area contributed by atoms with Crippen molar-refractivity contribution >= 4 is 23.1 Å². The van der Waals surface area contributed by atoms with Crippen molar-refractivity contribution in [1.29, 1.82) is 0 Å². The Bertz CT molecular complexity index is 1060. The second-order valence-corrected chi connectivity index (χ2v) is 6.41. The summed E-state index contributed by atoms with van der Waals surface area (Å²) in [6.45, 7) is 1.76. The third-order valence-electron chi connectivity index (χ3n) is 4.58. The first-order valence-corrected chi connectivity index (χ1v) is 8.42. The van der Waals surface area contributed by atoms with Crippen molar-refractivity contribution in [3.63, 3.8) is 0 Å². The molecule has 1 aromatic carbocycles. The molecule has 6 nitrogen and oxygen atoms in total. The molecule has 1 unspecified atom stereocenters. The highest BCUT2D eigenvalue weighted by Gasteiger charge is 2.26. The Labute approximate surface area is 153 Å². The van der Waals surface area contributed by atoms with Crippen LogP contribution in [0.15, 0.2) is 42.6 Å². The van der Waals surface area contributed by atoms with Gasteiger partial charge in [0, 0.05) is 11.9 Å². The Kier molecular flexibility index (Phi) is 4.10. The number of benzene rings is 1. The summed E-state index contributed by atoms with van der Waals surface area (Å²) in [4.78, 5) is 28.1. The summed E-state index contributed by atoms with van der Waals surface area (Å²) in [6, 6.07) is 9.85. The molecule has 3 aromatic rings. The molecule has 1 aliphatic heterocycles. The first kappa shape index (κ1) is 17.1. The molecular formula is C19H16F2N4O2. The van der Waals surface area contributed by atoms with Crippen LogP contribution in [0.25, 0.3) is 5.65 Å². The number of hydrogen-bond donors (Lipinski definition) is 2. The number of anilines is 1. The molecule has 1 aliphatic rings. The molecule has 0 saturated heterocycles. The van der Waals surface area contributed by atoms with Gasteiger partial charge in [0.1, 0.15) is 17.0 Å². The summed E-state index contributed by atoms with van der Waals surface area (Å²) >= 11 is 0. The number of imidazole rings is 1. The lowest BCUT2D eigenvalue weighted by Crippen LogP contribution is -2.28. The normalized spacial score (nSPS) is 14.3. The van der Waals surface area contributed by atoms with E-state index in [2.05, 4.69) is 15.6 Å². The first-order valence-electron chi connectivity index (χ1n) is 8.42. The number of nitrogens with zero attached hydrogens (tertiary/aromatic N) is 2. The standard InChI is InChI=1S/C19H16F2N4O2/c1-10(11-5-6-13-12(8-11)9-15(26)23-13)22-19(27)17-16(18(20)21)24-14-4-2-3-7-25(14)17/h2-8,10,18H,9H2,1H3,(H,22,27)(H,23,26). The Morgan fingerprint density at radius 1 is 1.30 bits per heavy atom. The fourth-order valence-electron chi connectivity index (χ4n) is 3.26. The van der Waals surface area contributed by atoms with Crippen molar-refractivity contribution in [3.8, 4) is 0 Å². The van der Waals surface area contributed by atoms with Gasteiger partial charge in [0.25, 0.3) is 12.3 Å². The maximum absolute atomic E-state index is 13.4. The van der Waals surface area contributed by atoms with E-state index in [1.165, 1.54) is 10.6 Å². The van der Waals surface area contributed by atoms with Crippen molar-refractivity contribution in [3.05, 3.63) is 65.1 Å². The lowest BCUT2D eigenvalue weighted by Gasteiger charge is -2.16. The van der Waals surface area contributed by atoms with Crippen LogP contribution in [0.2, 0.25) is 0 Å². The molecule has 4 rings (SSSR count). The predicted molar refractivity (Wildman–Crippen MR) is 94.8 cm³/mol. The zero-order chi connectivity index (χ0) is 19.1. The fraction of sp³-hybridized carbons (Fsp3) is 0.211. The van der Waals surface area contributed by atoms with Crippen LogP contribution in [0.4, 0.5) is 14.5 Å². The Morgan fingerprint density at radius 3 is 2.89 bits per heavy atom. The van der Waals surface area contributed by atoms with Gasteiger partial charge in [0.15, 0.2) is 0 Å². The molecule has 138 valence electrons. The predicted octanol–water partition coefficient (Wildman–Crippen LogP) is 3.26. The van der Waals surface area contributed by atoms with Gasteiger partial charge in [-0.3, -0.25) is 14.0 Å². The maximum Gasteiger partial charge on any atom is 0.282 e. The SMILES string of the molecule is CC(NC(=O)c1c(C(F)F)nc2ccccn12)c1ccc2c(c1)CC(=O)N2. The van der Waals surface area contributed by atoms with Crippen LogP contribution in [0.5, 0.6) is 0 Å². The fourth-order valence-corrected chi connectivity index (χ4v) is 3.26. The average Bonchev–Trinajstić information content (AvgIpc) is 3.20. The smallest absolute Gasteiger partial charge is 0.282 e. The number of rotatable bonds is 4. The van der Waals surface area contributed by atoms with Gasteiger partial charge in [-0.2, -0.15) is 0 Å².